The minimum absolute atomic E-state index is 0.00912. The molecule has 0 N–H and O–H groups in total. The third-order valence-corrected chi connectivity index (χ3v) is 5.72. The molecule has 2 aliphatic heterocycles. The number of rotatable bonds is 3. The molecule has 1 aromatic heterocycles. The monoisotopic (exact) mass is 413 g/mol. The number of amides is 2. The van der Waals surface area contributed by atoms with Gasteiger partial charge in [-0.1, -0.05) is 29.8 Å². The maximum atomic E-state index is 13.0. The van der Waals surface area contributed by atoms with Crippen LogP contribution in [0.25, 0.3) is 0 Å². The number of carbonyl (C=O) groups excluding carboxylic acids is 2. The lowest BCUT2D eigenvalue weighted by Crippen LogP contribution is -2.50. The molecule has 0 spiro atoms. The van der Waals surface area contributed by atoms with Crippen LogP contribution >= 0.6 is 11.6 Å². The van der Waals surface area contributed by atoms with Gasteiger partial charge >= 0.3 is 0 Å². The van der Waals surface area contributed by atoms with Crippen molar-refractivity contribution in [3.63, 3.8) is 0 Å². The first-order valence-electron chi connectivity index (χ1n) is 10.0. The second-order valence-electron chi connectivity index (χ2n) is 7.36. The standard InChI is InChI=1S/C21H24ClN5O2/c22-17-15-23-21(27-9-5-2-6-10-27)24-18(17)20(29)26-13-11-25(12-14-26)19(28)16-7-3-1-4-8-16/h1,3-4,7-8,15H,2,5-6,9-14H2. The van der Waals surface area contributed by atoms with E-state index >= 15 is 0 Å². The maximum absolute atomic E-state index is 13.0. The van der Waals surface area contributed by atoms with Crippen molar-refractivity contribution in [3.05, 3.63) is 52.8 Å². The predicted octanol–water partition coefficient (Wildman–Crippen LogP) is 2.72. The molecular formula is C21H24ClN5O2. The van der Waals surface area contributed by atoms with Gasteiger partial charge in [0.1, 0.15) is 0 Å². The topological polar surface area (TPSA) is 69.6 Å². The van der Waals surface area contributed by atoms with Crippen molar-refractivity contribution in [2.45, 2.75) is 19.3 Å². The second kappa shape index (κ2) is 8.78. The molecule has 1 aromatic carbocycles. The Labute approximate surface area is 175 Å². The van der Waals surface area contributed by atoms with E-state index < -0.39 is 0 Å². The Morgan fingerprint density at radius 1 is 0.828 bits per heavy atom. The van der Waals surface area contributed by atoms with Gasteiger partial charge in [-0.3, -0.25) is 9.59 Å². The molecule has 0 bridgehead atoms. The normalized spacial score (nSPS) is 17.3. The van der Waals surface area contributed by atoms with Crippen LogP contribution in [0, 0.1) is 0 Å². The lowest BCUT2D eigenvalue weighted by molar-refractivity contribution is 0.0532. The Morgan fingerprint density at radius 3 is 2.10 bits per heavy atom. The van der Waals surface area contributed by atoms with E-state index in [-0.39, 0.29) is 22.5 Å². The van der Waals surface area contributed by atoms with Gasteiger partial charge < -0.3 is 14.7 Å². The van der Waals surface area contributed by atoms with Gasteiger partial charge in [0.05, 0.1) is 11.2 Å². The number of carbonyl (C=O) groups is 2. The first-order chi connectivity index (χ1) is 14.1. The highest BCUT2D eigenvalue weighted by Crippen LogP contribution is 2.21. The van der Waals surface area contributed by atoms with Gasteiger partial charge in [0.15, 0.2) is 5.69 Å². The molecule has 0 aliphatic carbocycles. The van der Waals surface area contributed by atoms with Gasteiger partial charge in [-0.2, -0.15) is 0 Å². The molecule has 2 aromatic rings. The summed E-state index contributed by atoms with van der Waals surface area (Å²) in [5.74, 6) is 0.350. The van der Waals surface area contributed by atoms with Crippen LogP contribution in [0.4, 0.5) is 5.95 Å². The zero-order valence-electron chi connectivity index (χ0n) is 16.3. The van der Waals surface area contributed by atoms with Gasteiger partial charge in [-0.05, 0) is 31.4 Å². The molecule has 3 heterocycles. The first kappa shape index (κ1) is 19.6. The number of hydrogen-bond acceptors (Lipinski definition) is 5. The molecule has 2 fully saturated rings. The quantitative estimate of drug-likeness (QED) is 0.773. The summed E-state index contributed by atoms with van der Waals surface area (Å²) < 4.78 is 0. The SMILES string of the molecule is O=C(c1ccccc1)N1CCN(C(=O)c2nc(N3CCCCC3)ncc2Cl)CC1. The third-order valence-electron chi connectivity index (χ3n) is 5.45. The van der Waals surface area contributed by atoms with E-state index in [1.54, 1.807) is 9.80 Å². The molecule has 7 nitrogen and oxygen atoms in total. The van der Waals surface area contributed by atoms with Crippen molar-refractivity contribution >= 4 is 29.4 Å². The molecule has 29 heavy (non-hydrogen) atoms. The fourth-order valence-corrected chi connectivity index (χ4v) is 3.95. The molecule has 2 aliphatic rings. The summed E-state index contributed by atoms with van der Waals surface area (Å²) in [6.07, 6.45) is 4.93. The smallest absolute Gasteiger partial charge is 0.274 e. The lowest BCUT2D eigenvalue weighted by Gasteiger charge is -2.35. The molecule has 8 heteroatoms. The van der Waals surface area contributed by atoms with Gasteiger partial charge in [-0.25, -0.2) is 9.97 Å². The van der Waals surface area contributed by atoms with Gasteiger partial charge in [0.25, 0.3) is 11.8 Å². The highest BCUT2D eigenvalue weighted by Gasteiger charge is 2.28. The summed E-state index contributed by atoms with van der Waals surface area (Å²) in [5, 5.41) is 0.263. The number of piperidine rings is 1. The van der Waals surface area contributed by atoms with Crippen molar-refractivity contribution in [2.24, 2.45) is 0 Å². The number of anilines is 1. The van der Waals surface area contributed by atoms with Crippen LogP contribution < -0.4 is 4.90 Å². The number of aromatic nitrogens is 2. The summed E-state index contributed by atoms with van der Waals surface area (Å²) in [6.45, 7) is 3.68. The Bertz CT molecular complexity index is 878. The van der Waals surface area contributed by atoms with Crippen LogP contribution in [0.1, 0.15) is 40.1 Å². The summed E-state index contributed by atoms with van der Waals surface area (Å²) in [4.78, 5) is 40.0. The largest absolute Gasteiger partial charge is 0.341 e. The Hall–Kier alpha value is -2.67. The van der Waals surface area contributed by atoms with Crippen molar-refractivity contribution in [1.82, 2.24) is 19.8 Å². The number of hydrogen-bond donors (Lipinski definition) is 0. The van der Waals surface area contributed by atoms with Crippen molar-refractivity contribution in [3.8, 4) is 0 Å². The van der Waals surface area contributed by atoms with E-state index in [9.17, 15) is 9.59 Å². The molecule has 2 amide bonds. The van der Waals surface area contributed by atoms with E-state index in [0.29, 0.717) is 37.7 Å². The number of piperazine rings is 1. The first-order valence-corrected chi connectivity index (χ1v) is 10.4. The van der Waals surface area contributed by atoms with Crippen LogP contribution in [-0.4, -0.2) is 70.9 Å². The third kappa shape index (κ3) is 4.34. The fourth-order valence-electron chi connectivity index (χ4n) is 3.78. The Balaban J connectivity index is 1.42. The molecule has 0 atom stereocenters. The van der Waals surface area contributed by atoms with E-state index in [4.69, 9.17) is 11.6 Å². The van der Waals surface area contributed by atoms with E-state index in [0.717, 1.165) is 25.9 Å². The van der Waals surface area contributed by atoms with Crippen LogP contribution in [0.2, 0.25) is 5.02 Å². The van der Waals surface area contributed by atoms with E-state index in [1.807, 2.05) is 30.3 Å². The highest BCUT2D eigenvalue weighted by molar-refractivity contribution is 6.33. The van der Waals surface area contributed by atoms with Crippen LogP contribution in [0.5, 0.6) is 0 Å². The highest BCUT2D eigenvalue weighted by atomic mass is 35.5. The molecule has 2 saturated heterocycles. The van der Waals surface area contributed by atoms with Gasteiger partial charge in [0.2, 0.25) is 5.95 Å². The molecular weight excluding hydrogens is 390 g/mol. The van der Waals surface area contributed by atoms with Gasteiger partial charge in [-0.15, -0.1) is 0 Å². The Kier molecular flexibility index (Phi) is 5.94. The predicted molar refractivity (Wildman–Crippen MR) is 111 cm³/mol. The zero-order chi connectivity index (χ0) is 20.2. The minimum atomic E-state index is -0.206. The summed E-state index contributed by atoms with van der Waals surface area (Å²) in [7, 11) is 0. The molecule has 4 rings (SSSR count). The van der Waals surface area contributed by atoms with E-state index in [1.165, 1.54) is 12.6 Å². The molecule has 0 radical (unpaired) electrons. The minimum Gasteiger partial charge on any atom is -0.341 e. The fraction of sp³-hybridized carbons (Fsp3) is 0.429. The zero-order valence-corrected chi connectivity index (χ0v) is 17.0. The average Bonchev–Trinajstić information content (AvgIpc) is 2.80. The molecule has 0 saturated carbocycles. The van der Waals surface area contributed by atoms with Crippen molar-refractivity contribution < 1.29 is 9.59 Å². The van der Waals surface area contributed by atoms with Crippen LogP contribution in [-0.2, 0) is 0 Å². The summed E-state index contributed by atoms with van der Waals surface area (Å²) >= 11 is 6.25. The second-order valence-corrected chi connectivity index (χ2v) is 7.77. The van der Waals surface area contributed by atoms with Crippen molar-refractivity contribution in [2.75, 3.05) is 44.2 Å². The van der Waals surface area contributed by atoms with Crippen LogP contribution in [0.15, 0.2) is 36.5 Å². The summed E-state index contributed by atoms with van der Waals surface area (Å²) in [5.41, 5.74) is 0.905. The van der Waals surface area contributed by atoms with Gasteiger partial charge in [0, 0.05) is 44.8 Å². The summed E-state index contributed by atoms with van der Waals surface area (Å²) in [6, 6.07) is 9.20. The number of benzene rings is 1. The maximum Gasteiger partial charge on any atom is 0.274 e. The Morgan fingerprint density at radius 2 is 1.45 bits per heavy atom. The molecule has 0 unspecified atom stereocenters. The molecule has 152 valence electrons. The van der Waals surface area contributed by atoms with Crippen molar-refractivity contribution in [1.29, 1.82) is 0 Å². The number of halogens is 1. The lowest BCUT2D eigenvalue weighted by atomic mass is 10.1. The van der Waals surface area contributed by atoms with E-state index in [2.05, 4.69) is 14.9 Å². The average molecular weight is 414 g/mol. The van der Waals surface area contributed by atoms with Crippen LogP contribution in [0.3, 0.4) is 0 Å². The number of nitrogens with zero attached hydrogens (tertiary/aromatic N) is 5.